The Labute approximate surface area is 196 Å². The summed E-state index contributed by atoms with van der Waals surface area (Å²) in [6.07, 6.45) is 4.90. The van der Waals surface area contributed by atoms with Gasteiger partial charge in [-0.2, -0.15) is 0 Å². The summed E-state index contributed by atoms with van der Waals surface area (Å²) in [5.74, 6) is -1.22. The maximum atomic E-state index is 13.8. The number of nitrogens with zero attached hydrogens (tertiary/aromatic N) is 3. The topological polar surface area (TPSA) is 90.4 Å². The third-order valence-electron chi connectivity index (χ3n) is 6.70. The average molecular weight is 460 g/mol. The molecule has 0 bridgehead atoms. The molecule has 8 nitrogen and oxygen atoms in total. The fourth-order valence-corrected chi connectivity index (χ4v) is 5.01. The predicted molar refractivity (Wildman–Crippen MR) is 125 cm³/mol. The number of benzene rings is 1. The lowest BCUT2D eigenvalue weighted by atomic mass is 9.84. The summed E-state index contributed by atoms with van der Waals surface area (Å²) < 4.78 is 5.59. The van der Waals surface area contributed by atoms with Gasteiger partial charge in [0.05, 0.1) is 0 Å². The minimum atomic E-state index is -0.971. The molecule has 33 heavy (non-hydrogen) atoms. The van der Waals surface area contributed by atoms with E-state index in [1.807, 2.05) is 44.4 Å². The molecule has 0 aromatic heterocycles. The number of hydrogen-bond donors (Lipinski definition) is 1. The van der Waals surface area contributed by atoms with E-state index in [2.05, 4.69) is 4.90 Å². The second-order valence-corrected chi connectivity index (χ2v) is 9.41. The van der Waals surface area contributed by atoms with E-state index in [-0.39, 0.29) is 18.4 Å². The highest BCUT2D eigenvalue weighted by Crippen LogP contribution is 2.31. The number of rotatable bonds is 8. The van der Waals surface area contributed by atoms with Crippen molar-refractivity contribution in [3.8, 4) is 0 Å². The number of likely N-dealkylation sites (tertiary alicyclic amines) is 2. The van der Waals surface area contributed by atoms with Crippen molar-refractivity contribution in [1.82, 2.24) is 14.7 Å². The van der Waals surface area contributed by atoms with Crippen molar-refractivity contribution in [2.45, 2.75) is 63.6 Å². The molecule has 2 aliphatic heterocycles. The van der Waals surface area contributed by atoms with Crippen LogP contribution in [0.3, 0.4) is 0 Å². The van der Waals surface area contributed by atoms with Gasteiger partial charge in [-0.1, -0.05) is 30.3 Å². The summed E-state index contributed by atoms with van der Waals surface area (Å²) in [6, 6.07) is 7.96. The first-order chi connectivity index (χ1) is 15.9. The van der Waals surface area contributed by atoms with E-state index in [0.29, 0.717) is 19.5 Å². The average Bonchev–Trinajstić information content (AvgIpc) is 2.82. The normalized spacial score (nSPS) is 23.4. The Hall–Kier alpha value is -2.61. The third-order valence-corrected chi connectivity index (χ3v) is 6.70. The van der Waals surface area contributed by atoms with Crippen LogP contribution >= 0.6 is 0 Å². The highest BCUT2D eigenvalue weighted by Gasteiger charge is 2.44. The molecular weight excluding hydrogens is 422 g/mol. The van der Waals surface area contributed by atoms with Crippen LogP contribution in [0, 0.1) is 5.92 Å². The zero-order valence-corrected chi connectivity index (χ0v) is 19.8. The first-order valence-corrected chi connectivity index (χ1v) is 12.0. The fraction of sp³-hybridized carbons (Fsp3) is 0.640. The lowest BCUT2D eigenvalue weighted by molar-refractivity contribution is -0.156. The molecule has 2 amide bonds. The van der Waals surface area contributed by atoms with Gasteiger partial charge >= 0.3 is 12.1 Å². The van der Waals surface area contributed by atoms with Gasteiger partial charge in [0.15, 0.2) is 0 Å². The summed E-state index contributed by atoms with van der Waals surface area (Å²) in [6.45, 7) is 1.91. The fourth-order valence-electron chi connectivity index (χ4n) is 5.01. The van der Waals surface area contributed by atoms with Gasteiger partial charge in [-0.15, -0.1) is 0 Å². The number of ether oxygens (including phenoxy) is 1. The van der Waals surface area contributed by atoms with Gasteiger partial charge in [-0.05, 0) is 77.1 Å². The molecule has 0 unspecified atom stereocenters. The second-order valence-electron chi connectivity index (χ2n) is 9.41. The van der Waals surface area contributed by atoms with Crippen LogP contribution in [0.5, 0.6) is 0 Å². The van der Waals surface area contributed by atoms with Gasteiger partial charge < -0.3 is 19.6 Å². The molecule has 2 heterocycles. The van der Waals surface area contributed by atoms with Crippen molar-refractivity contribution >= 4 is 18.0 Å². The Bertz CT molecular complexity index is 800. The SMILES string of the molecule is CN(C)CCC[C@H]1CCCN(C(=O)OCc2ccccc2)[C@H]1C(=O)N1CCCC[C@H]1C(=O)O. The van der Waals surface area contributed by atoms with Crippen molar-refractivity contribution in [2.24, 2.45) is 5.92 Å². The Kier molecular flexibility index (Phi) is 9.11. The minimum absolute atomic E-state index is 0.00755. The number of hydrogen-bond acceptors (Lipinski definition) is 5. The summed E-state index contributed by atoms with van der Waals surface area (Å²) in [5, 5.41) is 9.71. The first kappa shape index (κ1) is 25.0. The molecular formula is C25H37N3O5. The maximum Gasteiger partial charge on any atom is 0.410 e. The van der Waals surface area contributed by atoms with Crippen LogP contribution in [0.4, 0.5) is 4.79 Å². The van der Waals surface area contributed by atoms with Gasteiger partial charge in [0.1, 0.15) is 18.7 Å². The van der Waals surface area contributed by atoms with E-state index in [1.165, 1.54) is 4.90 Å². The molecule has 182 valence electrons. The molecule has 2 saturated heterocycles. The molecule has 0 aliphatic carbocycles. The van der Waals surface area contributed by atoms with Gasteiger partial charge in [-0.3, -0.25) is 9.69 Å². The number of amides is 2. The number of carboxylic acid groups (broad SMARTS) is 1. The zero-order chi connectivity index (χ0) is 23.8. The van der Waals surface area contributed by atoms with E-state index >= 15 is 0 Å². The van der Waals surface area contributed by atoms with Crippen LogP contribution in [0.1, 0.15) is 50.5 Å². The molecule has 2 fully saturated rings. The lowest BCUT2D eigenvalue weighted by Gasteiger charge is -2.44. The van der Waals surface area contributed by atoms with Crippen molar-refractivity contribution < 1.29 is 24.2 Å². The molecule has 1 aromatic carbocycles. The molecule has 0 saturated carbocycles. The van der Waals surface area contributed by atoms with Crippen LogP contribution in [0.25, 0.3) is 0 Å². The Morgan fingerprint density at radius 1 is 1.03 bits per heavy atom. The summed E-state index contributed by atoms with van der Waals surface area (Å²) >= 11 is 0. The molecule has 0 spiro atoms. The van der Waals surface area contributed by atoms with Crippen molar-refractivity contribution in [2.75, 3.05) is 33.7 Å². The number of carboxylic acids is 1. The second kappa shape index (κ2) is 12.0. The van der Waals surface area contributed by atoms with Crippen molar-refractivity contribution in [3.05, 3.63) is 35.9 Å². The van der Waals surface area contributed by atoms with Crippen molar-refractivity contribution in [1.29, 1.82) is 0 Å². The van der Waals surface area contributed by atoms with Gasteiger partial charge in [0.2, 0.25) is 5.91 Å². The minimum Gasteiger partial charge on any atom is -0.480 e. The van der Waals surface area contributed by atoms with E-state index in [0.717, 1.165) is 50.6 Å². The molecule has 1 N–H and O–H groups in total. The van der Waals surface area contributed by atoms with Gasteiger partial charge in [-0.25, -0.2) is 9.59 Å². The van der Waals surface area contributed by atoms with E-state index in [1.54, 1.807) is 4.90 Å². The molecule has 3 rings (SSSR count). The van der Waals surface area contributed by atoms with E-state index in [9.17, 15) is 19.5 Å². The largest absolute Gasteiger partial charge is 0.480 e. The maximum absolute atomic E-state index is 13.8. The highest BCUT2D eigenvalue weighted by atomic mass is 16.6. The van der Waals surface area contributed by atoms with Crippen LogP contribution in [-0.2, 0) is 20.9 Å². The Balaban J connectivity index is 1.78. The number of carbonyl (C=O) groups excluding carboxylic acids is 2. The third kappa shape index (κ3) is 6.69. The monoisotopic (exact) mass is 459 g/mol. The molecule has 0 radical (unpaired) electrons. The quantitative estimate of drug-likeness (QED) is 0.642. The number of piperidine rings is 2. The first-order valence-electron chi connectivity index (χ1n) is 12.0. The standard InChI is InChI=1S/C25H37N3O5/c1-26(2)15-8-12-20-13-9-17-28(25(32)33-18-19-10-4-3-5-11-19)22(20)23(29)27-16-7-6-14-21(27)24(30)31/h3-5,10-11,20-22H,6-9,12-18H2,1-2H3,(H,30,31)/t20-,21-,22+/m0/s1. The molecule has 3 atom stereocenters. The smallest absolute Gasteiger partial charge is 0.410 e. The molecule has 1 aromatic rings. The molecule has 8 heteroatoms. The van der Waals surface area contributed by atoms with Gasteiger partial charge in [0.25, 0.3) is 0 Å². The van der Waals surface area contributed by atoms with Crippen LogP contribution in [0.15, 0.2) is 30.3 Å². The van der Waals surface area contributed by atoms with E-state index < -0.39 is 24.1 Å². The van der Waals surface area contributed by atoms with Crippen LogP contribution < -0.4 is 0 Å². The Morgan fingerprint density at radius 2 is 1.76 bits per heavy atom. The number of aliphatic carboxylic acids is 1. The summed E-state index contributed by atoms with van der Waals surface area (Å²) in [4.78, 5) is 43.9. The number of carbonyl (C=O) groups is 3. The summed E-state index contributed by atoms with van der Waals surface area (Å²) in [5.41, 5.74) is 0.884. The van der Waals surface area contributed by atoms with Crippen LogP contribution in [-0.4, -0.2) is 83.6 Å². The summed E-state index contributed by atoms with van der Waals surface area (Å²) in [7, 11) is 4.03. The predicted octanol–water partition coefficient (Wildman–Crippen LogP) is 3.21. The lowest BCUT2D eigenvalue weighted by Crippen LogP contribution is -2.60. The van der Waals surface area contributed by atoms with E-state index in [4.69, 9.17) is 4.74 Å². The Morgan fingerprint density at radius 3 is 2.45 bits per heavy atom. The molecule has 2 aliphatic rings. The van der Waals surface area contributed by atoms with Crippen molar-refractivity contribution in [3.63, 3.8) is 0 Å². The van der Waals surface area contributed by atoms with Gasteiger partial charge in [0, 0.05) is 13.1 Å². The highest BCUT2D eigenvalue weighted by molar-refractivity contribution is 5.90. The zero-order valence-electron chi connectivity index (χ0n) is 19.8. The van der Waals surface area contributed by atoms with Crippen LogP contribution in [0.2, 0.25) is 0 Å².